The van der Waals surface area contributed by atoms with E-state index in [1.54, 1.807) is 0 Å². The molecule has 9 heavy (non-hydrogen) atoms. The second-order valence-corrected chi connectivity index (χ2v) is 2.30. The summed E-state index contributed by atoms with van der Waals surface area (Å²) in [4.78, 5) is 10.8. The van der Waals surface area contributed by atoms with Crippen LogP contribution in [-0.4, -0.2) is 25.7 Å². The van der Waals surface area contributed by atoms with Crippen molar-refractivity contribution in [3.8, 4) is 0 Å². The van der Waals surface area contributed by atoms with Crippen LogP contribution in [0.15, 0.2) is 0 Å². The van der Waals surface area contributed by atoms with Crippen LogP contribution in [0.1, 0.15) is 12.8 Å². The summed E-state index contributed by atoms with van der Waals surface area (Å²) >= 11 is 0. The Morgan fingerprint density at radius 2 is 2.56 bits per heavy atom. The number of carbonyl (C=O) groups excluding carboxylic acids is 1. The lowest BCUT2D eigenvalue weighted by Gasteiger charge is -2.01. The highest BCUT2D eigenvalue weighted by Crippen LogP contribution is 1.97. The molecule has 0 saturated carbocycles. The summed E-state index contributed by atoms with van der Waals surface area (Å²) in [6, 6.07) is 0.0926. The van der Waals surface area contributed by atoms with Crippen molar-refractivity contribution >= 4 is 5.97 Å². The SMILES string of the molecule is COC(=O)[C@H]1CCC[NH2+]1. The fourth-order valence-corrected chi connectivity index (χ4v) is 1.14. The van der Waals surface area contributed by atoms with Crippen molar-refractivity contribution in [3.05, 3.63) is 0 Å². The van der Waals surface area contributed by atoms with Gasteiger partial charge in [0.2, 0.25) is 0 Å². The molecule has 0 unspecified atom stereocenters. The van der Waals surface area contributed by atoms with Crippen molar-refractivity contribution in [2.24, 2.45) is 0 Å². The minimum atomic E-state index is -0.0764. The number of quaternary nitrogens is 1. The van der Waals surface area contributed by atoms with Gasteiger partial charge in [0.05, 0.1) is 13.7 Å². The Hall–Kier alpha value is -0.570. The Balaban J connectivity index is 2.32. The molecule has 1 saturated heterocycles. The zero-order valence-electron chi connectivity index (χ0n) is 5.59. The zero-order chi connectivity index (χ0) is 6.69. The lowest BCUT2D eigenvalue weighted by molar-refractivity contribution is -0.658. The van der Waals surface area contributed by atoms with E-state index in [0.717, 1.165) is 19.4 Å². The van der Waals surface area contributed by atoms with Gasteiger partial charge in [0, 0.05) is 12.8 Å². The van der Waals surface area contributed by atoms with Crippen molar-refractivity contribution in [2.75, 3.05) is 13.7 Å². The van der Waals surface area contributed by atoms with Gasteiger partial charge in [-0.2, -0.15) is 0 Å². The Labute approximate surface area is 54.4 Å². The van der Waals surface area contributed by atoms with E-state index in [2.05, 4.69) is 4.74 Å². The smallest absolute Gasteiger partial charge is 0.364 e. The first-order chi connectivity index (χ1) is 4.34. The van der Waals surface area contributed by atoms with E-state index in [4.69, 9.17) is 0 Å². The molecule has 1 atom stereocenters. The molecule has 1 fully saturated rings. The number of hydrogen-bond acceptors (Lipinski definition) is 2. The van der Waals surface area contributed by atoms with Gasteiger partial charge < -0.3 is 10.1 Å². The minimum Gasteiger partial charge on any atom is -0.465 e. The maximum absolute atomic E-state index is 10.8. The lowest BCUT2D eigenvalue weighted by Crippen LogP contribution is -2.88. The molecule has 0 spiro atoms. The average molecular weight is 130 g/mol. The first-order valence-electron chi connectivity index (χ1n) is 3.26. The molecular formula is C6H12NO2+. The first kappa shape index (κ1) is 6.55. The number of carbonyl (C=O) groups is 1. The summed E-state index contributed by atoms with van der Waals surface area (Å²) in [5.41, 5.74) is 0. The van der Waals surface area contributed by atoms with Crippen LogP contribution >= 0.6 is 0 Å². The van der Waals surface area contributed by atoms with Crippen LogP contribution in [0.5, 0.6) is 0 Å². The Morgan fingerprint density at radius 3 is 3.00 bits per heavy atom. The van der Waals surface area contributed by atoms with E-state index in [1.165, 1.54) is 7.11 Å². The van der Waals surface area contributed by atoms with E-state index in [9.17, 15) is 4.79 Å². The predicted octanol–water partition coefficient (Wildman–Crippen LogP) is -1.11. The number of rotatable bonds is 1. The van der Waals surface area contributed by atoms with Crippen molar-refractivity contribution in [1.29, 1.82) is 0 Å². The quantitative estimate of drug-likeness (QED) is 0.457. The van der Waals surface area contributed by atoms with Crippen molar-refractivity contribution in [3.63, 3.8) is 0 Å². The van der Waals surface area contributed by atoms with Crippen molar-refractivity contribution < 1.29 is 14.8 Å². The van der Waals surface area contributed by atoms with E-state index in [1.807, 2.05) is 5.32 Å². The van der Waals surface area contributed by atoms with Gasteiger partial charge >= 0.3 is 5.97 Å². The molecule has 1 aliphatic rings. The second-order valence-electron chi connectivity index (χ2n) is 2.30. The molecule has 0 aliphatic carbocycles. The Bertz CT molecular complexity index is 108. The van der Waals surface area contributed by atoms with Crippen LogP contribution < -0.4 is 5.32 Å². The van der Waals surface area contributed by atoms with E-state index in [-0.39, 0.29) is 12.0 Å². The van der Waals surface area contributed by atoms with Crippen LogP contribution in [-0.2, 0) is 9.53 Å². The van der Waals surface area contributed by atoms with Crippen molar-refractivity contribution in [1.82, 2.24) is 0 Å². The molecular weight excluding hydrogens is 118 g/mol. The maximum atomic E-state index is 10.8. The third-order valence-corrected chi connectivity index (χ3v) is 1.67. The molecule has 0 amide bonds. The summed E-state index contributed by atoms with van der Waals surface area (Å²) in [6.45, 7) is 1.07. The third-order valence-electron chi connectivity index (χ3n) is 1.67. The molecule has 0 radical (unpaired) electrons. The van der Waals surface area contributed by atoms with Gasteiger partial charge in [-0.25, -0.2) is 4.79 Å². The number of methoxy groups -OCH3 is 1. The molecule has 0 aromatic rings. The molecule has 3 heteroatoms. The highest BCUT2D eigenvalue weighted by Gasteiger charge is 2.26. The Morgan fingerprint density at radius 1 is 1.78 bits per heavy atom. The van der Waals surface area contributed by atoms with E-state index in [0.29, 0.717) is 0 Å². The summed E-state index contributed by atoms with van der Waals surface area (Å²) in [7, 11) is 1.44. The molecule has 0 bridgehead atoms. The van der Waals surface area contributed by atoms with Gasteiger partial charge in [-0.05, 0) is 0 Å². The van der Waals surface area contributed by atoms with Crippen LogP contribution in [0.3, 0.4) is 0 Å². The van der Waals surface area contributed by atoms with Gasteiger partial charge in [-0.15, -0.1) is 0 Å². The molecule has 52 valence electrons. The largest absolute Gasteiger partial charge is 0.465 e. The van der Waals surface area contributed by atoms with Gasteiger partial charge in [0.1, 0.15) is 0 Å². The highest BCUT2D eigenvalue weighted by molar-refractivity contribution is 5.73. The predicted molar refractivity (Wildman–Crippen MR) is 31.8 cm³/mol. The Kier molecular flexibility index (Phi) is 2.05. The van der Waals surface area contributed by atoms with Crippen LogP contribution in [0.25, 0.3) is 0 Å². The second kappa shape index (κ2) is 2.82. The van der Waals surface area contributed by atoms with Crippen LogP contribution in [0.4, 0.5) is 0 Å². The monoisotopic (exact) mass is 130 g/mol. The number of nitrogens with two attached hydrogens (primary N) is 1. The minimum absolute atomic E-state index is 0.0764. The molecule has 3 nitrogen and oxygen atoms in total. The van der Waals surface area contributed by atoms with Crippen molar-refractivity contribution in [2.45, 2.75) is 18.9 Å². The summed E-state index contributed by atoms with van der Waals surface area (Å²) in [5.74, 6) is -0.0764. The first-order valence-corrected chi connectivity index (χ1v) is 3.26. The van der Waals surface area contributed by atoms with Gasteiger partial charge in [-0.1, -0.05) is 0 Å². The maximum Gasteiger partial charge on any atom is 0.364 e. The number of hydrogen-bond donors (Lipinski definition) is 1. The topological polar surface area (TPSA) is 42.9 Å². The summed E-state index contributed by atoms with van der Waals surface area (Å²) in [5, 5.41) is 2.03. The lowest BCUT2D eigenvalue weighted by atomic mass is 10.2. The molecule has 1 heterocycles. The fraction of sp³-hybridized carbons (Fsp3) is 0.833. The normalized spacial score (nSPS) is 26.1. The molecule has 2 N–H and O–H groups in total. The van der Waals surface area contributed by atoms with E-state index >= 15 is 0 Å². The summed E-state index contributed by atoms with van der Waals surface area (Å²) in [6.07, 6.45) is 2.12. The highest BCUT2D eigenvalue weighted by atomic mass is 16.5. The molecule has 1 aliphatic heterocycles. The van der Waals surface area contributed by atoms with Gasteiger partial charge in [-0.3, -0.25) is 0 Å². The molecule has 0 aromatic carbocycles. The van der Waals surface area contributed by atoms with Gasteiger partial charge in [0.15, 0.2) is 6.04 Å². The van der Waals surface area contributed by atoms with Gasteiger partial charge in [0.25, 0.3) is 0 Å². The zero-order valence-corrected chi connectivity index (χ0v) is 5.59. The van der Waals surface area contributed by atoms with Crippen LogP contribution in [0, 0.1) is 0 Å². The summed E-state index contributed by atoms with van der Waals surface area (Å²) < 4.78 is 4.56. The standard InChI is InChI=1S/C6H11NO2/c1-9-6(8)5-3-2-4-7-5/h5,7H,2-4H2,1H3/p+1/t5-/m1/s1. The fourth-order valence-electron chi connectivity index (χ4n) is 1.14. The molecule has 1 rings (SSSR count). The average Bonchev–Trinajstić information content (AvgIpc) is 2.37. The molecule has 0 aromatic heterocycles. The number of esters is 1. The number of ether oxygens (including phenoxy) is 1. The van der Waals surface area contributed by atoms with E-state index < -0.39 is 0 Å². The van der Waals surface area contributed by atoms with Crippen LogP contribution in [0.2, 0.25) is 0 Å². The third kappa shape index (κ3) is 1.42.